The van der Waals surface area contributed by atoms with Gasteiger partial charge in [-0.1, -0.05) is 42.5 Å². The quantitative estimate of drug-likeness (QED) is 0.660. The largest absolute Gasteiger partial charge is 0.485 e. The number of nitrogens with zero attached hydrogens (tertiary/aromatic N) is 1. The zero-order valence-corrected chi connectivity index (χ0v) is 16.8. The van der Waals surface area contributed by atoms with Crippen molar-refractivity contribution in [2.24, 2.45) is 0 Å². The van der Waals surface area contributed by atoms with Crippen molar-refractivity contribution in [3.05, 3.63) is 77.4 Å². The molecule has 0 aromatic heterocycles. The minimum atomic E-state index is -0.814. The Balaban J connectivity index is 1.36. The van der Waals surface area contributed by atoms with E-state index in [2.05, 4.69) is 11.0 Å². The molecule has 0 amide bonds. The fourth-order valence-electron chi connectivity index (χ4n) is 4.97. The molecule has 1 saturated heterocycles. The number of aliphatic hydroxyl groups is 1. The molecule has 30 heavy (non-hydrogen) atoms. The van der Waals surface area contributed by atoms with E-state index in [0.29, 0.717) is 12.8 Å². The van der Waals surface area contributed by atoms with Gasteiger partial charge >= 0.3 is 0 Å². The maximum absolute atomic E-state index is 13.5. The fourth-order valence-corrected chi connectivity index (χ4v) is 4.97. The Hall–Kier alpha value is -2.50. The Labute approximate surface area is 174 Å². The molecule has 5 rings (SSSR count). The molecule has 0 aliphatic carbocycles. The summed E-state index contributed by atoms with van der Waals surface area (Å²) in [5, 5.41) is 13.1. The van der Waals surface area contributed by atoms with E-state index in [0.717, 1.165) is 60.1 Å². The van der Waals surface area contributed by atoms with Gasteiger partial charge in [0.2, 0.25) is 0 Å². The highest BCUT2D eigenvalue weighted by Crippen LogP contribution is 2.46. The molecule has 0 radical (unpaired) electrons. The molecular formula is C25H25F2NO2. The lowest BCUT2D eigenvalue weighted by atomic mass is 9.82. The van der Waals surface area contributed by atoms with Gasteiger partial charge in [-0.3, -0.25) is 4.90 Å². The first-order valence-corrected chi connectivity index (χ1v) is 10.6. The van der Waals surface area contributed by atoms with Gasteiger partial charge in [-0.25, -0.2) is 8.78 Å². The molecule has 1 fully saturated rings. The molecule has 1 unspecified atom stereocenters. The molecule has 3 aromatic carbocycles. The van der Waals surface area contributed by atoms with Crippen LogP contribution in [-0.4, -0.2) is 35.2 Å². The van der Waals surface area contributed by atoms with E-state index in [9.17, 15) is 13.9 Å². The molecule has 1 N–H and O–H groups in total. The third kappa shape index (κ3) is 3.57. The van der Waals surface area contributed by atoms with E-state index in [-0.39, 0.29) is 0 Å². The van der Waals surface area contributed by atoms with Crippen molar-refractivity contribution >= 4 is 10.8 Å². The Kier molecular flexibility index (Phi) is 4.95. The highest BCUT2D eigenvalue weighted by molar-refractivity contribution is 5.90. The average molecular weight is 409 g/mol. The predicted molar refractivity (Wildman–Crippen MR) is 113 cm³/mol. The van der Waals surface area contributed by atoms with Crippen LogP contribution in [0.5, 0.6) is 5.75 Å². The zero-order valence-electron chi connectivity index (χ0n) is 16.8. The average Bonchev–Trinajstić information content (AvgIpc) is 2.74. The smallest absolute Gasteiger partial charge is 0.159 e. The minimum absolute atomic E-state index is 0.428. The lowest BCUT2D eigenvalue weighted by Gasteiger charge is -2.47. The molecule has 1 spiro atoms. The number of hydrogen-bond acceptors (Lipinski definition) is 3. The molecule has 2 aliphatic rings. The Morgan fingerprint density at radius 3 is 2.80 bits per heavy atom. The van der Waals surface area contributed by atoms with Crippen LogP contribution in [0.15, 0.2) is 54.6 Å². The summed E-state index contributed by atoms with van der Waals surface area (Å²) in [6.07, 6.45) is 2.54. The van der Waals surface area contributed by atoms with Crippen LogP contribution in [0.1, 0.15) is 36.5 Å². The van der Waals surface area contributed by atoms with Crippen molar-refractivity contribution < 1.29 is 18.6 Å². The minimum Gasteiger partial charge on any atom is -0.485 e. The van der Waals surface area contributed by atoms with Crippen molar-refractivity contribution in [3.8, 4) is 5.75 Å². The Bertz CT molecular complexity index is 1090. The van der Waals surface area contributed by atoms with E-state index in [1.807, 2.05) is 30.3 Å². The molecule has 3 nitrogen and oxygen atoms in total. The molecule has 5 heteroatoms. The van der Waals surface area contributed by atoms with Crippen LogP contribution in [0.2, 0.25) is 0 Å². The van der Waals surface area contributed by atoms with Crippen molar-refractivity contribution in [1.29, 1.82) is 0 Å². The summed E-state index contributed by atoms with van der Waals surface area (Å²) >= 11 is 0. The Morgan fingerprint density at radius 1 is 1.07 bits per heavy atom. The lowest BCUT2D eigenvalue weighted by molar-refractivity contribution is -0.0593. The number of ether oxygens (including phenoxy) is 1. The second-order valence-corrected chi connectivity index (χ2v) is 8.59. The van der Waals surface area contributed by atoms with Gasteiger partial charge in [0.25, 0.3) is 0 Å². The lowest BCUT2D eigenvalue weighted by Crippen LogP contribution is -2.54. The number of benzene rings is 3. The topological polar surface area (TPSA) is 32.7 Å². The van der Waals surface area contributed by atoms with Gasteiger partial charge in [-0.15, -0.1) is 0 Å². The highest BCUT2D eigenvalue weighted by atomic mass is 19.2. The molecule has 2 heterocycles. The van der Waals surface area contributed by atoms with E-state index in [1.54, 1.807) is 6.07 Å². The van der Waals surface area contributed by atoms with Crippen molar-refractivity contribution in [2.45, 2.75) is 37.4 Å². The summed E-state index contributed by atoms with van der Waals surface area (Å²) < 4.78 is 33.3. The van der Waals surface area contributed by atoms with Crippen molar-refractivity contribution in [3.63, 3.8) is 0 Å². The van der Waals surface area contributed by atoms with Gasteiger partial charge in [0.05, 0.1) is 6.10 Å². The molecule has 3 aromatic rings. The van der Waals surface area contributed by atoms with E-state index in [4.69, 9.17) is 4.74 Å². The van der Waals surface area contributed by atoms with E-state index in [1.165, 1.54) is 12.1 Å². The molecule has 2 atom stereocenters. The number of fused-ring (bicyclic) bond motifs is 3. The van der Waals surface area contributed by atoms with Crippen LogP contribution >= 0.6 is 0 Å². The second kappa shape index (κ2) is 7.64. The van der Waals surface area contributed by atoms with Crippen LogP contribution in [0.4, 0.5) is 8.78 Å². The third-order valence-corrected chi connectivity index (χ3v) is 6.47. The maximum atomic E-state index is 13.5. The number of hydrogen-bond donors (Lipinski definition) is 1. The summed E-state index contributed by atoms with van der Waals surface area (Å²) in [5.74, 6) is -0.815. The Morgan fingerprint density at radius 2 is 1.93 bits per heavy atom. The summed E-state index contributed by atoms with van der Waals surface area (Å²) in [7, 11) is 0. The zero-order chi connectivity index (χ0) is 20.7. The highest BCUT2D eigenvalue weighted by Gasteiger charge is 2.44. The van der Waals surface area contributed by atoms with E-state index < -0.39 is 23.3 Å². The third-order valence-electron chi connectivity index (χ3n) is 6.47. The molecule has 156 valence electrons. The van der Waals surface area contributed by atoms with Gasteiger partial charge in [0, 0.05) is 30.5 Å². The maximum Gasteiger partial charge on any atom is 0.159 e. The van der Waals surface area contributed by atoms with Crippen LogP contribution in [0.25, 0.3) is 10.8 Å². The number of aliphatic hydroxyl groups excluding tert-OH is 1. The monoisotopic (exact) mass is 409 g/mol. The van der Waals surface area contributed by atoms with Crippen LogP contribution in [-0.2, 0) is 6.42 Å². The molecule has 0 saturated carbocycles. The first-order valence-electron chi connectivity index (χ1n) is 10.6. The van der Waals surface area contributed by atoms with Crippen molar-refractivity contribution in [2.75, 3.05) is 19.6 Å². The van der Waals surface area contributed by atoms with E-state index >= 15 is 0 Å². The summed E-state index contributed by atoms with van der Waals surface area (Å²) in [5.41, 5.74) is 1.22. The predicted octanol–water partition coefficient (Wildman–Crippen LogP) is 5.01. The molecular weight excluding hydrogens is 384 g/mol. The van der Waals surface area contributed by atoms with Crippen LogP contribution in [0, 0.1) is 11.6 Å². The summed E-state index contributed by atoms with van der Waals surface area (Å²) in [6.45, 7) is 2.40. The number of piperidine rings is 1. The van der Waals surface area contributed by atoms with Gasteiger partial charge in [0.15, 0.2) is 11.6 Å². The standard InChI is InChI=1S/C25H25F2NO2/c26-21-9-6-17(14-22(21)27)10-13-28-12-3-11-25(16-28)15-23(29)20-8-7-18-4-1-2-5-19(18)24(20)30-25/h1-2,4-9,14,23,29H,3,10-13,15-16H2/t23?,25-/m1/s1. The van der Waals surface area contributed by atoms with Crippen LogP contribution in [0.3, 0.4) is 0 Å². The second-order valence-electron chi connectivity index (χ2n) is 8.59. The number of halogens is 2. The fraction of sp³-hybridized carbons (Fsp3) is 0.360. The number of likely N-dealkylation sites (tertiary alicyclic amines) is 1. The first kappa shape index (κ1) is 19.5. The van der Waals surface area contributed by atoms with Gasteiger partial charge in [0.1, 0.15) is 11.4 Å². The molecule has 0 bridgehead atoms. The van der Waals surface area contributed by atoms with Crippen LogP contribution < -0.4 is 4.74 Å². The van der Waals surface area contributed by atoms with Crippen molar-refractivity contribution in [1.82, 2.24) is 4.90 Å². The number of rotatable bonds is 3. The normalized spacial score (nSPS) is 24.0. The SMILES string of the molecule is OC1C[C@@]2(CCCN(CCc3ccc(F)c(F)c3)C2)Oc2c1ccc1ccccc21. The van der Waals surface area contributed by atoms with Gasteiger partial charge in [-0.05, 0) is 48.9 Å². The van der Waals surface area contributed by atoms with Gasteiger partial charge in [-0.2, -0.15) is 0 Å². The molecule has 2 aliphatic heterocycles. The summed E-state index contributed by atoms with van der Waals surface area (Å²) in [4.78, 5) is 2.31. The summed E-state index contributed by atoms with van der Waals surface area (Å²) in [6, 6.07) is 16.2. The van der Waals surface area contributed by atoms with Gasteiger partial charge < -0.3 is 9.84 Å². The first-order chi connectivity index (χ1) is 14.5.